The van der Waals surface area contributed by atoms with Crippen LogP contribution in [0, 0.1) is 13.8 Å². The average Bonchev–Trinajstić information content (AvgIpc) is 2.64. The maximum absolute atomic E-state index is 6.20. The summed E-state index contributed by atoms with van der Waals surface area (Å²) in [6, 6.07) is 0. The van der Waals surface area contributed by atoms with Crippen molar-refractivity contribution in [3.8, 4) is 10.6 Å². The topological polar surface area (TPSA) is 43.8 Å². The van der Waals surface area contributed by atoms with Crippen molar-refractivity contribution in [1.29, 1.82) is 0 Å². The van der Waals surface area contributed by atoms with E-state index in [2.05, 4.69) is 5.10 Å². The fourth-order valence-electron chi connectivity index (χ4n) is 1.45. The van der Waals surface area contributed by atoms with Crippen LogP contribution in [0.2, 0.25) is 5.02 Å². The lowest BCUT2D eigenvalue weighted by atomic mass is 10.2. The van der Waals surface area contributed by atoms with Gasteiger partial charge in [0, 0.05) is 12.6 Å². The first kappa shape index (κ1) is 10.5. The Morgan fingerprint density at radius 3 is 2.53 bits per heavy atom. The number of hydrogen-bond acceptors (Lipinski definition) is 3. The van der Waals surface area contributed by atoms with E-state index in [9.17, 15) is 0 Å². The summed E-state index contributed by atoms with van der Waals surface area (Å²) in [4.78, 5) is 0.999. The number of halogens is 1. The molecule has 0 bridgehead atoms. The third-order valence-corrected chi connectivity index (χ3v) is 4.16. The fraction of sp³-hybridized carbons (Fsp3) is 0.300. The van der Waals surface area contributed by atoms with Gasteiger partial charge in [-0.2, -0.15) is 5.10 Å². The molecule has 0 spiro atoms. The van der Waals surface area contributed by atoms with E-state index in [0.29, 0.717) is 5.82 Å². The van der Waals surface area contributed by atoms with E-state index in [4.69, 9.17) is 17.3 Å². The van der Waals surface area contributed by atoms with Gasteiger partial charge in [-0.15, -0.1) is 11.3 Å². The molecule has 0 unspecified atom stereocenters. The van der Waals surface area contributed by atoms with Gasteiger partial charge in [0.15, 0.2) is 0 Å². The summed E-state index contributed by atoms with van der Waals surface area (Å²) < 4.78 is 1.68. The Bertz CT molecular complexity index is 513. The van der Waals surface area contributed by atoms with Gasteiger partial charge in [0.05, 0.1) is 9.90 Å². The minimum atomic E-state index is 0.687. The molecule has 0 saturated carbocycles. The van der Waals surface area contributed by atoms with Crippen LogP contribution in [0.1, 0.15) is 11.1 Å². The Hall–Kier alpha value is -1.00. The number of rotatable bonds is 1. The summed E-state index contributed by atoms with van der Waals surface area (Å²) in [6.07, 6.45) is 0. The minimum absolute atomic E-state index is 0.687. The van der Waals surface area contributed by atoms with Crippen molar-refractivity contribution in [2.75, 3.05) is 5.73 Å². The van der Waals surface area contributed by atoms with Gasteiger partial charge in [-0.05, 0) is 24.8 Å². The molecule has 2 rings (SSSR count). The molecule has 3 nitrogen and oxygen atoms in total. The van der Waals surface area contributed by atoms with Crippen LogP contribution in [0.15, 0.2) is 5.38 Å². The highest BCUT2D eigenvalue weighted by Gasteiger charge is 2.16. The van der Waals surface area contributed by atoms with Gasteiger partial charge in [0.2, 0.25) is 0 Å². The number of thiophene rings is 1. The third-order valence-electron chi connectivity index (χ3n) is 2.45. The summed E-state index contributed by atoms with van der Waals surface area (Å²) in [5.74, 6) is 0.687. The Balaban J connectivity index is 2.64. The van der Waals surface area contributed by atoms with Crippen LogP contribution in [0.3, 0.4) is 0 Å². The summed E-state index contributed by atoms with van der Waals surface area (Å²) in [5.41, 5.74) is 8.82. The maximum atomic E-state index is 6.20. The monoisotopic (exact) mass is 241 g/mol. The average molecular weight is 242 g/mol. The van der Waals surface area contributed by atoms with E-state index in [1.807, 2.05) is 26.3 Å². The zero-order chi connectivity index (χ0) is 11.2. The highest BCUT2D eigenvalue weighted by atomic mass is 35.5. The fourth-order valence-corrected chi connectivity index (χ4v) is 2.77. The van der Waals surface area contributed by atoms with Crippen LogP contribution < -0.4 is 5.73 Å². The van der Waals surface area contributed by atoms with Crippen LogP contribution in [0.4, 0.5) is 5.82 Å². The Morgan fingerprint density at radius 1 is 1.47 bits per heavy atom. The lowest BCUT2D eigenvalue weighted by Crippen LogP contribution is -1.97. The first-order chi connectivity index (χ1) is 7.02. The van der Waals surface area contributed by atoms with Crippen LogP contribution >= 0.6 is 22.9 Å². The van der Waals surface area contributed by atoms with Crippen LogP contribution in [0.25, 0.3) is 10.6 Å². The zero-order valence-electron chi connectivity index (χ0n) is 8.84. The van der Waals surface area contributed by atoms with Crippen LogP contribution in [0.5, 0.6) is 0 Å². The second-order valence-electron chi connectivity index (χ2n) is 3.54. The summed E-state index contributed by atoms with van der Waals surface area (Å²) in [6.45, 7) is 3.95. The molecule has 2 N–H and O–H groups in total. The van der Waals surface area contributed by atoms with Crippen molar-refractivity contribution in [3.05, 3.63) is 21.5 Å². The second-order valence-corrected chi connectivity index (χ2v) is 4.80. The molecule has 0 aromatic carbocycles. The van der Waals surface area contributed by atoms with Gasteiger partial charge in [-0.25, -0.2) is 0 Å². The number of aromatic nitrogens is 2. The van der Waals surface area contributed by atoms with Crippen molar-refractivity contribution in [2.45, 2.75) is 13.8 Å². The lowest BCUT2D eigenvalue weighted by Gasteiger charge is -1.95. The highest BCUT2D eigenvalue weighted by molar-refractivity contribution is 7.14. The molecular formula is C10H12ClN3S. The number of nitrogen functional groups attached to an aromatic ring is 1. The zero-order valence-corrected chi connectivity index (χ0v) is 10.4. The van der Waals surface area contributed by atoms with Crippen LogP contribution in [-0.2, 0) is 7.05 Å². The number of hydrogen-bond donors (Lipinski definition) is 1. The first-order valence-electron chi connectivity index (χ1n) is 4.55. The summed E-state index contributed by atoms with van der Waals surface area (Å²) in [5, 5.41) is 7.18. The predicted octanol–water partition coefficient (Wildman–Crippen LogP) is 3.00. The molecule has 80 valence electrons. The molecule has 5 heteroatoms. The molecule has 2 aromatic rings. The van der Waals surface area contributed by atoms with Crippen molar-refractivity contribution < 1.29 is 0 Å². The van der Waals surface area contributed by atoms with E-state index in [1.54, 1.807) is 16.0 Å². The largest absolute Gasteiger partial charge is 0.384 e. The first-order valence-corrected chi connectivity index (χ1v) is 5.81. The molecule has 2 aromatic heterocycles. The van der Waals surface area contributed by atoms with Gasteiger partial charge in [0.25, 0.3) is 0 Å². The van der Waals surface area contributed by atoms with Crippen molar-refractivity contribution in [3.63, 3.8) is 0 Å². The van der Waals surface area contributed by atoms with E-state index in [-0.39, 0.29) is 0 Å². The molecule has 0 aliphatic rings. The Kier molecular flexibility index (Phi) is 2.48. The quantitative estimate of drug-likeness (QED) is 0.834. The number of anilines is 1. The van der Waals surface area contributed by atoms with Gasteiger partial charge in [0.1, 0.15) is 11.5 Å². The number of nitrogens with two attached hydrogens (primary N) is 1. The molecule has 0 atom stereocenters. The minimum Gasteiger partial charge on any atom is -0.384 e. The molecule has 15 heavy (non-hydrogen) atoms. The van der Waals surface area contributed by atoms with E-state index >= 15 is 0 Å². The van der Waals surface area contributed by atoms with Crippen molar-refractivity contribution in [1.82, 2.24) is 9.78 Å². The van der Waals surface area contributed by atoms with Gasteiger partial charge >= 0.3 is 0 Å². The normalized spacial score (nSPS) is 10.9. The molecule has 0 radical (unpaired) electrons. The molecule has 0 aliphatic heterocycles. The van der Waals surface area contributed by atoms with Gasteiger partial charge in [-0.3, -0.25) is 4.68 Å². The van der Waals surface area contributed by atoms with Crippen molar-refractivity contribution >= 4 is 28.8 Å². The molecule has 0 saturated heterocycles. The Labute approximate surface area is 97.5 Å². The van der Waals surface area contributed by atoms with E-state index in [0.717, 1.165) is 26.7 Å². The van der Waals surface area contributed by atoms with Gasteiger partial charge < -0.3 is 5.73 Å². The molecule has 0 aliphatic carbocycles. The third kappa shape index (κ3) is 1.54. The molecule has 2 heterocycles. The molecule has 0 amide bonds. The van der Waals surface area contributed by atoms with Crippen molar-refractivity contribution in [2.24, 2.45) is 7.05 Å². The number of nitrogens with zero attached hydrogens (tertiary/aromatic N) is 2. The van der Waals surface area contributed by atoms with E-state index < -0.39 is 0 Å². The highest BCUT2D eigenvalue weighted by Crippen LogP contribution is 2.38. The predicted molar refractivity (Wildman–Crippen MR) is 65.4 cm³/mol. The number of aryl methyl sites for hydroxylation is 2. The summed E-state index contributed by atoms with van der Waals surface area (Å²) in [7, 11) is 1.83. The van der Waals surface area contributed by atoms with E-state index in [1.165, 1.54) is 0 Å². The SMILES string of the molecule is Cc1csc(-c2nn(C)c(N)c2C)c1Cl. The standard InChI is InChI=1S/C10H12ClN3S/c1-5-4-15-9(7(5)11)8-6(2)10(12)14(3)13-8/h4H,12H2,1-3H3. The molecular weight excluding hydrogens is 230 g/mol. The van der Waals surface area contributed by atoms with Crippen LogP contribution in [-0.4, -0.2) is 9.78 Å². The summed E-state index contributed by atoms with van der Waals surface area (Å²) >= 11 is 7.80. The maximum Gasteiger partial charge on any atom is 0.124 e. The lowest BCUT2D eigenvalue weighted by molar-refractivity contribution is 0.782. The molecule has 0 fully saturated rings. The smallest absolute Gasteiger partial charge is 0.124 e. The van der Waals surface area contributed by atoms with Gasteiger partial charge in [-0.1, -0.05) is 11.6 Å². The Morgan fingerprint density at radius 2 is 2.13 bits per heavy atom. The second kappa shape index (κ2) is 3.54.